The van der Waals surface area contributed by atoms with Gasteiger partial charge in [-0.25, -0.2) is 0 Å². The molecule has 0 bridgehead atoms. The van der Waals surface area contributed by atoms with Crippen molar-refractivity contribution in [3.8, 4) is 0 Å². The van der Waals surface area contributed by atoms with Gasteiger partial charge in [0.05, 0.1) is 11.6 Å². The van der Waals surface area contributed by atoms with E-state index in [1.54, 1.807) is 12.4 Å². The predicted octanol–water partition coefficient (Wildman–Crippen LogP) is 3.30. The van der Waals surface area contributed by atoms with Gasteiger partial charge in [-0.3, -0.25) is 9.97 Å². The van der Waals surface area contributed by atoms with E-state index in [0.717, 1.165) is 28.5 Å². The van der Waals surface area contributed by atoms with Crippen molar-refractivity contribution in [1.29, 1.82) is 0 Å². The number of fused-ring (bicyclic) bond motifs is 1. The van der Waals surface area contributed by atoms with Gasteiger partial charge in [0.2, 0.25) is 0 Å². The van der Waals surface area contributed by atoms with E-state index in [9.17, 15) is 5.11 Å². The molecule has 0 aliphatic carbocycles. The molecule has 0 amide bonds. The van der Waals surface area contributed by atoms with Crippen LogP contribution in [0.1, 0.15) is 23.7 Å². The van der Waals surface area contributed by atoms with Crippen LogP contribution in [0.15, 0.2) is 61.1 Å². The quantitative estimate of drug-likeness (QED) is 0.786. The molecule has 0 saturated carbocycles. The van der Waals surface area contributed by atoms with E-state index in [2.05, 4.69) is 9.97 Å². The van der Waals surface area contributed by atoms with E-state index in [1.807, 2.05) is 48.7 Å². The van der Waals surface area contributed by atoms with Crippen molar-refractivity contribution in [2.75, 3.05) is 0 Å². The highest BCUT2D eigenvalue weighted by Gasteiger charge is 2.12. The van der Waals surface area contributed by atoms with Crippen LogP contribution in [0.5, 0.6) is 0 Å². The first-order valence-corrected chi connectivity index (χ1v) is 6.75. The Hall–Kier alpha value is -2.26. The van der Waals surface area contributed by atoms with Gasteiger partial charge in [-0.15, -0.1) is 0 Å². The van der Waals surface area contributed by atoms with Crippen LogP contribution in [0.3, 0.4) is 0 Å². The minimum absolute atomic E-state index is 0.506. The minimum Gasteiger partial charge on any atom is -0.388 e. The van der Waals surface area contributed by atoms with Crippen molar-refractivity contribution in [2.45, 2.75) is 18.9 Å². The summed E-state index contributed by atoms with van der Waals surface area (Å²) in [6.07, 6.45) is 6.33. The number of aliphatic hydroxyl groups is 1. The number of nitrogens with zero attached hydrogens (tertiary/aromatic N) is 2. The van der Waals surface area contributed by atoms with Gasteiger partial charge >= 0.3 is 0 Å². The standard InChI is InChI=1S/C17H16N2O/c20-16(9-8-13-4-2-10-18-12-13)15-7-1-5-14-6-3-11-19-17(14)15/h1-7,10-12,16,20H,8-9H2. The molecule has 0 aliphatic rings. The van der Waals surface area contributed by atoms with Crippen LogP contribution in [0.25, 0.3) is 10.9 Å². The highest BCUT2D eigenvalue weighted by Crippen LogP contribution is 2.25. The van der Waals surface area contributed by atoms with E-state index >= 15 is 0 Å². The Morgan fingerprint density at radius 2 is 1.85 bits per heavy atom. The first kappa shape index (κ1) is 12.8. The van der Waals surface area contributed by atoms with Crippen LogP contribution in [-0.2, 0) is 6.42 Å². The van der Waals surface area contributed by atoms with Gasteiger partial charge in [-0.1, -0.05) is 30.3 Å². The van der Waals surface area contributed by atoms with Crippen molar-refractivity contribution in [3.63, 3.8) is 0 Å². The number of benzene rings is 1. The van der Waals surface area contributed by atoms with Crippen molar-refractivity contribution >= 4 is 10.9 Å². The van der Waals surface area contributed by atoms with Gasteiger partial charge < -0.3 is 5.11 Å². The molecule has 0 fully saturated rings. The largest absolute Gasteiger partial charge is 0.388 e. The number of aliphatic hydroxyl groups excluding tert-OH is 1. The number of pyridine rings is 2. The molecule has 20 heavy (non-hydrogen) atoms. The van der Waals surface area contributed by atoms with Crippen LogP contribution >= 0.6 is 0 Å². The molecule has 2 heterocycles. The summed E-state index contributed by atoms with van der Waals surface area (Å²) in [6, 6.07) is 13.8. The fraction of sp³-hybridized carbons (Fsp3) is 0.176. The number of aryl methyl sites for hydroxylation is 1. The molecule has 3 nitrogen and oxygen atoms in total. The van der Waals surface area contributed by atoms with Crippen LogP contribution in [0.2, 0.25) is 0 Å². The molecule has 3 aromatic rings. The second-order valence-corrected chi connectivity index (χ2v) is 4.84. The van der Waals surface area contributed by atoms with Crippen molar-refractivity contribution in [3.05, 3.63) is 72.2 Å². The van der Waals surface area contributed by atoms with Gasteiger partial charge in [0.1, 0.15) is 0 Å². The van der Waals surface area contributed by atoms with E-state index in [-0.39, 0.29) is 0 Å². The molecule has 1 atom stereocenters. The highest BCUT2D eigenvalue weighted by molar-refractivity contribution is 5.81. The van der Waals surface area contributed by atoms with Crippen LogP contribution in [-0.4, -0.2) is 15.1 Å². The van der Waals surface area contributed by atoms with Gasteiger partial charge in [0.25, 0.3) is 0 Å². The lowest BCUT2D eigenvalue weighted by Crippen LogP contribution is -2.01. The Labute approximate surface area is 117 Å². The van der Waals surface area contributed by atoms with Crippen molar-refractivity contribution in [1.82, 2.24) is 9.97 Å². The number of para-hydroxylation sites is 1. The van der Waals surface area contributed by atoms with Crippen molar-refractivity contribution < 1.29 is 5.11 Å². The zero-order valence-electron chi connectivity index (χ0n) is 11.1. The van der Waals surface area contributed by atoms with Crippen LogP contribution in [0, 0.1) is 0 Å². The van der Waals surface area contributed by atoms with Crippen molar-refractivity contribution in [2.24, 2.45) is 0 Å². The lowest BCUT2D eigenvalue weighted by molar-refractivity contribution is 0.169. The Bertz CT molecular complexity index is 692. The number of hydrogen-bond acceptors (Lipinski definition) is 3. The zero-order valence-corrected chi connectivity index (χ0v) is 11.1. The number of hydrogen-bond donors (Lipinski definition) is 1. The Morgan fingerprint density at radius 3 is 2.70 bits per heavy atom. The third-order valence-corrected chi connectivity index (χ3v) is 3.45. The molecule has 2 aromatic heterocycles. The third kappa shape index (κ3) is 2.68. The molecule has 1 N–H and O–H groups in total. The monoisotopic (exact) mass is 264 g/mol. The second kappa shape index (κ2) is 5.80. The average molecular weight is 264 g/mol. The maximum Gasteiger partial charge on any atom is 0.0814 e. The summed E-state index contributed by atoms with van der Waals surface area (Å²) < 4.78 is 0. The normalized spacial score (nSPS) is 12.4. The molecule has 0 saturated heterocycles. The molecular weight excluding hydrogens is 248 g/mol. The summed E-state index contributed by atoms with van der Waals surface area (Å²) in [5, 5.41) is 11.5. The fourth-order valence-corrected chi connectivity index (χ4v) is 2.40. The molecular formula is C17H16N2O. The molecule has 3 heteroatoms. The molecule has 1 unspecified atom stereocenters. The van der Waals surface area contributed by atoms with E-state index in [0.29, 0.717) is 6.42 Å². The summed E-state index contributed by atoms with van der Waals surface area (Å²) in [4.78, 5) is 8.48. The number of rotatable bonds is 4. The first-order chi connectivity index (χ1) is 9.84. The van der Waals surface area contributed by atoms with Gasteiger partial charge in [-0.2, -0.15) is 0 Å². The van der Waals surface area contributed by atoms with E-state index < -0.39 is 6.10 Å². The summed E-state index contributed by atoms with van der Waals surface area (Å²) in [5.74, 6) is 0. The topological polar surface area (TPSA) is 46.0 Å². The minimum atomic E-state index is -0.506. The first-order valence-electron chi connectivity index (χ1n) is 6.75. The summed E-state index contributed by atoms with van der Waals surface area (Å²) >= 11 is 0. The van der Waals surface area contributed by atoms with Gasteiger partial charge in [0, 0.05) is 29.5 Å². The molecule has 3 rings (SSSR count). The summed E-state index contributed by atoms with van der Waals surface area (Å²) in [5.41, 5.74) is 2.92. The summed E-state index contributed by atoms with van der Waals surface area (Å²) in [6.45, 7) is 0. The Kier molecular flexibility index (Phi) is 3.70. The highest BCUT2D eigenvalue weighted by atomic mass is 16.3. The maximum atomic E-state index is 10.4. The van der Waals surface area contributed by atoms with Gasteiger partial charge in [-0.05, 0) is 30.5 Å². The molecule has 0 radical (unpaired) electrons. The third-order valence-electron chi connectivity index (χ3n) is 3.45. The second-order valence-electron chi connectivity index (χ2n) is 4.84. The van der Waals surface area contributed by atoms with Gasteiger partial charge in [0.15, 0.2) is 0 Å². The molecule has 0 spiro atoms. The Balaban J connectivity index is 1.80. The number of aromatic nitrogens is 2. The van der Waals surface area contributed by atoms with E-state index in [1.165, 1.54) is 0 Å². The SMILES string of the molecule is OC(CCc1cccnc1)c1cccc2cccnc12. The molecule has 0 aliphatic heterocycles. The van der Waals surface area contributed by atoms with Crippen LogP contribution < -0.4 is 0 Å². The van der Waals surface area contributed by atoms with E-state index in [4.69, 9.17) is 0 Å². The smallest absolute Gasteiger partial charge is 0.0814 e. The average Bonchev–Trinajstić information content (AvgIpc) is 2.53. The fourth-order valence-electron chi connectivity index (χ4n) is 2.40. The maximum absolute atomic E-state index is 10.4. The summed E-state index contributed by atoms with van der Waals surface area (Å²) in [7, 11) is 0. The Morgan fingerprint density at radius 1 is 1.00 bits per heavy atom. The van der Waals surface area contributed by atoms with Crippen LogP contribution in [0.4, 0.5) is 0 Å². The molecule has 100 valence electrons. The zero-order chi connectivity index (χ0) is 13.8. The lowest BCUT2D eigenvalue weighted by atomic mass is 9.99. The predicted molar refractivity (Wildman–Crippen MR) is 79.3 cm³/mol. The molecule has 1 aromatic carbocycles. The lowest BCUT2D eigenvalue weighted by Gasteiger charge is -2.13.